The van der Waals surface area contributed by atoms with Gasteiger partial charge in [-0.15, -0.1) is 0 Å². The summed E-state index contributed by atoms with van der Waals surface area (Å²) >= 11 is 5.75. The monoisotopic (exact) mass is 410 g/mol. The number of halogens is 1. The van der Waals surface area contributed by atoms with E-state index < -0.39 is 21.5 Å². The van der Waals surface area contributed by atoms with Crippen LogP contribution in [0.1, 0.15) is 6.42 Å². The zero-order chi connectivity index (χ0) is 19.9. The van der Waals surface area contributed by atoms with Crippen LogP contribution in [-0.4, -0.2) is 52.2 Å². The Labute approximate surface area is 165 Å². The molecule has 146 valence electrons. The van der Waals surface area contributed by atoms with Crippen LogP contribution in [0, 0.1) is 0 Å². The Kier molecular flexibility index (Phi) is 7.65. The van der Waals surface area contributed by atoms with Gasteiger partial charge in [-0.05, 0) is 69.0 Å². The summed E-state index contributed by atoms with van der Waals surface area (Å²) in [5, 5.41) is 3.01. The fourth-order valence-electron chi connectivity index (χ4n) is 2.30. The van der Waals surface area contributed by atoms with Gasteiger partial charge in [-0.3, -0.25) is 4.79 Å². The fourth-order valence-corrected chi connectivity index (χ4v) is 3.56. The molecule has 0 aliphatic heterocycles. The van der Waals surface area contributed by atoms with Crippen LogP contribution in [0.15, 0.2) is 53.4 Å². The molecule has 27 heavy (non-hydrogen) atoms. The van der Waals surface area contributed by atoms with Gasteiger partial charge in [-0.25, -0.2) is 8.42 Å². The van der Waals surface area contributed by atoms with Crippen LogP contribution in [0.4, 0.5) is 5.69 Å². The first-order valence-corrected chi connectivity index (χ1v) is 10.4. The quantitative estimate of drug-likeness (QED) is 0.643. The number of hydrogen-bond donors (Lipinski definition) is 1. The fraction of sp³-hybridized carbons (Fsp3) is 0.316. The molecule has 0 aromatic heterocycles. The van der Waals surface area contributed by atoms with Crippen LogP contribution in [0.5, 0.6) is 5.75 Å². The maximum Gasteiger partial charge on any atom is 0.239 e. The molecule has 2 rings (SSSR count). The largest absolute Gasteiger partial charge is 0.494 e. The maximum atomic E-state index is 12.3. The summed E-state index contributed by atoms with van der Waals surface area (Å²) < 4.78 is 30.1. The number of amides is 1. The third kappa shape index (κ3) is 7.21. The van der Waals surface area contributed by atoms with Crippen LogP contribution < -0.4 is 10.1 Å². The van der Waals surface area contributed by atoms with E-state index in [0.29, 0.717) is 23.1 Å². The lowest BCUT2D eigenvalue weighted by Crippen LogP contribution is -2.23. The van der Waals surface area contributed by atoms with Gasteiger partial charge in [0.15, 0.2) is 9.84 Å². The highest BCUT2D eigenvalue weighted by molar-refractivity contribution is 7.92. The number of nitrogens with zero attached hydrogens (tertiary/aromatic N) is 1. The SMILES string of the molecule is CN(C)CCCOc1ccc(NC(=O)CS(=O)(=O)c2ccc(Cl)cc2)cc1. The molecule has 8 heteroatoms. The molecule has 6 nitrogen and oxygen atoms in total. The first-order valence-electron chi connectivity index (χ1n) is 8.42. The van der Waals surface area contributed by atoms with Crippen LogP contribution in [0.3, 0.4) is 0 Å². The predicted octanol–water partition coefficient (Wildman–Crippen LogP) is 3.08. The number of sulfone groups is 1. The summed E-state index contributed by atoms with van der Waals surface area (Å²) in [7, 11) is 0.283. The number of nitrogens with one attached hydrogen (secondary N) is 1. The summed E-state index contributed by atoms with van der Waals surface area (Å²) in [6.45, 7) is 1.54. The second kappa shape index (κ2) is 9.73. The molecular weight excluding hydrogens is 388 g/mol. The molecule has 0 atom stereocenters. The van der Waals surface area contributed by atoms with Crippen LogP contribution in [0.25, 0.3) is 0 Å². The van der Waals surface area contributed by atoms with E-state index in [9.17, 15) is 13.2 Å². The van der Waals surface area contributed by atoms with E-state index in [1.807, 2.05) is 14.1 Å². The smallest absolute Gasteiger partial charge is 0.239 e. The number of anilines is 1. The van der Waals surface area contributed by atoms with Crippen molar-refractivity contribution in [1.29, 1.82) is 0 Å². The standard InChI is InChI=1S/C19H23ClN2O4S/c1-22(2)12-3-13-26-17-8-6-16(7-9-17)21-19(23)14-27(24,25)18-10-4-15(20)5-11-18/h4-11H,3,12-14H2,1-2H3,(H,21,23). The van der Waals surface area contributed by atoms with E-state index in [1.165, 1.54) is 24.3 Å². The minimum Gasteiger partial charge on any atom is -0.494 e. The van der Waals surface area contributed by atoms with Crippen molar-refractivity contribution in [1.82, 2.24) is 4.90 Å². The average molecular weight is 411 g/mol. The lowest BCUT2D eigenvalue weighted by atomic mass is 10.3. The van der Waals surface area contributed by atoms with Gasteiger partial charge in [0.2, 0.25) is 5.91 Å². The molecule has 2 aromatic rings. The maximum absolute atomic E-state index is 12.3. The van der Waals surface area contributed by atoms with Crippen molar-refractivity contribution in [3.05, 3.63) is 53.6 Å². The van der Waals surface area contributed by atoms with Crippen molar-refractivity contribution in [3.63, 3.8) is 0 Å². The molecule has 1 amide bonds. The molecule has 0 fully saturated rings. The molecule has 1 N–H and O–H groups in total. The summed E-state index contributed by atoms with van der Waals surface area (Å²) in [6.07, 6.45) is 0.911. The highest BCUT2D eigenvalue weighted by atomic mass is 35.5. The lowest BCUT2D eigenvalue weighted by Gasteiger charge is -2.11. The number of hydrogen-bond acceptors (Lipinski definition) is 5. The van der Waals surface area contributed by atoms with Crippen molar-refractivity contribution >= 4 is 33.0 Å². The Bertz CT molecular complexity index is 850. The summed E-state index contributed by atoms with van der Waals surface area (Å²) in [6, 6.07) is 12.5. The van der Waals surface area contributed by atoms with Gasteiger partial charge >= 0.3 is 0 Å². The molecule has 0 bridgehead atoms. The van der Waals surface area contributed by atoms with Crippen LogP contribution in [-0.2, 0) is 14.6 Å². The van der Waals surface area contributed by atoms with E-state index in [0.717, 1.165) is 13.0 Å². The molecule has 0 saturated heterocycles. The Morgan fingerprint density at radius 1 is 1.07 bits per heavy atom. The third-order valence-corrected chi connectivity index (χ3v) is 5.53. The molecule has 0 unspecified atom stereocenters. The van der Waals surface area contributed by atoms with Crippen molar-refractivity contribution in [2.75, 3.05) is 38.3 Å². The number of carbonyl (C=O) groups excluding carboxylic acids is 1. The highest BCUT2D eigenvalue weighted by Gasteiger charge is 2.19. The van der Waals surface area contributed by atoms with Gasteiger partial charge in [-0.2, -0.15) is 0 Å². The van der Waals surface area contributed by atoms with Gasteiger partial charge in [0.1, 0.15) is 11.5 Å². The van der Waals surface area contributed by atoms with Crippen LogP contribution >= 0.6 is 11.6 Å². The van der Waals surface area contributed by atoms with Crippen molar-refractivity contribution in [3.8, 4) is 5.75 Å². The zero-order valence-electron chi connectivity index (χ0n) is 15.3. The number of rotatable bonds is 9. The second-order valence-electron chi connectivity index (χ2n) is 6.29. The molecule has 0 radical (unpaired) electrons. The van der Waals surface area contributed by atoms with E-state index in [-0.39, 0.29) is 4.90 Å². The normalized spacial score (nSPS) is 11.4. The minimum absolute atomic E-state index is 0.0588. The van der Waals surface area contributed by atoms with E-state index in [2.05, 4.69) is 10.2 Å². The van der Waals surface area contributed by atoms with E-state index in [1.54, 1.807) is 24.3 Å². The Hall–Kier alpha value is -2.09. The van der Waals surface area contributed by atoms with Crippen molar-refractivity contribution in [2.45, 2.75) is 11.3 Å². The summed E-state index contributed by atoms with van der Waals surface area (Å²) in [5.41, 5.74) is 0.506. The minimum atomic E-state index is -3.73. The van der Waals surface area contributed by atoms with E-state index >= 15 is 0 Å². The molecular formula is C19H23ClN2O4S. The molecule has 0 spiro atoms. The number of carbonyl (C=O) groups is 1. The van der Waals surface area contributed by atoms with Crippen molar-refractivity contribution < 1.29 is 17.9 Å². The highest BCUT2D eigenvalue weighted by Crippen LogP contribution is 2.18. The molecule has 0 heterocycles. The van der Waals surface area contributed by atoms with Gasteiger partial charge in [-0.1, -0.05) is 11.6 Å². The predicted molar refractivity (Wildman–Crippen MR) is 107 cm³/mol. The lowest BCUT2D eigenvalue weighted by molar-refractivity contribution is -0.113. The Morgan fingerprint density at radius 2 is 1.70 bits per heavy atom. The topological polar surface area (TPSA) is 75.7 Å². The average Bonchev–Trinajstić information content (AvgIpc) is 2.60. The molecule has 0 saturated carbocycles. The van der Waals surface area contributed by atoms with Crippen molar-refractivity contribution in [2.24, 2.45) is 0 Å². The third-order valence-electron chi connectivity index (χ3n) is 3.65. The zero-order valence-corrected chi connectivity index (χ0v) is 16.9. The molecule has 0 aliphatic rings. The summed E-state index contributed by atoms with van der Waals surface area (Å²) in [4.78, 5) is 14.2. The second-order valence-corrected chi connectivity index (χ2v) is 8.72. The Morgan fingerprint density at radius 3 is 2.30 bits per heavy atom. The Balaban J connectivity index is 1.87. The van der Waals surface area contributed by atoms with E-state index in [4.69, 9.17) is 16.3 Å². The number of ether oxygens (including phenoxy) is 1. The molecule has 0 aliphatic carbocycles. The first kappa shape index (κ1) is 21.2. The van der Waals surface area contributed by atoms with Gasteiger partial charge in [0, 0.05) is 17.3 Å². The van der Waals surface area contributed by atoms with Crippen LogP contribution in [0.2, 0.25) is 5.02 Å². The van der Waals surface area contributed by atoms with Gasteiger partial charge in [0.05, 0.1) is 11.5 Å². The molecule has 2 aromatic carbocycles. The van der Waals surface area contributed by atoms with Gasteiger partial charge in [0.25, 0.3) is 0 Å². The number of benzene rings is 2. The first-order chi connectivity index (χ1) is 12.8. The summed E-state index contributed by atoms with van der Waals surface area (Å²) in [5.74, 6) is -0.553. The van der Waals surface area contributed by atoms with Gasteiger partial charge < -0.3 is 15.0 Å².